The maximum absolute atomic E-state index is 5.66. The molecule has 1 rings (SSSR count). The van der Waals surface area contributed by atoms with Crippen molar-refractivity contribution in [2.45, 2.75) is 123 Å². The summed E-state index contributed by atoms with van der Waals surface area (Å²) in [5.41, 5.74) is 0. The SMILES string of the molecule is CC(C)OCCCOCCCCCCCCCCCC1CCCCC1. The van der Waals surface area contributed by atoms with Gasteiger partial charge in [-0.3, -0.25) is 0 Å². The van der Waals surface area contributed by atoms with Gasteiger partial charge in [0, 0.05) is 19.8 Å². The topological polar surface area (TPSA) is 18.5 Å². The highest BCUT2D eigenvalue weighted by molar-refractivity contribution is 4.65. The lowest BCUT2D eigenvalue weighted by Gasteiger charge is -2.21. The van der Waals surface area contributed by atoms with Crippen LogP contribution in [0.2, 0.25) is 0 Å². The van der Waals surface area contributed by atoms with Crippen LogP contribution in [0.4, 0.5) is 0 Å². The van der Waals surface area contributed by atoms with Crippen LogP contribution in [0.15, 0.2) is 0 Å². The van der Waals surface area contributed by atoms with Crippen LogP contribution in [-0.4, -0.2) is 25.9 Å². The molecular formula is C23H46O2. The summed E-state index contributed by atoms with van der Waals surface area (Å²) in [7, 11) is 0. The number of ether oxygens (including phenoxy) is 2. The van der Waals surface area contributed by atoms with Crippen molar-refractivity contribution in [1.29, 1.82) is 0 Å². The highest BCUT2D eigenvalue weighted by Crippen LogP contribution is 2.28. The molecule has 0 heterocycles. The molecule has 0 radical (unpaired) electrons. The minimum Gasteiger partial charge on any atom is -0.381 e. The van der Waals surface area contributed by atoms with Crippen LogP contribution in [0.3, 0.4) is 0 Å². The maximum Gasteiger partial charge on any atom is 0.0518 e. The fraction of sp³-hybridized carbons (Fsp3) is 1.00. The van der Waals surface area contributed by atoms with Crippen molar-refractivity contribution in [3.05, 3.63) is 0 Å². The first-order valence-electron chi connectivity index (χ1n) is 11.5. The van der Waals surface area contributed by atoms with Crippen LogP contribution in [0.1, 0.15) is 117 Å². The maximum atomic E-state index is 5.66. The molecule has 0 aliphatic heterocycles. The first kappa shape index (κ1) is 23.0. The van der Waals surface area contributed by atoms with Gasteiger partial charge >= 0.3 is 0 Å². The standard InChI is InChI=1S/C23H46O2/c1-22(2)25-21-15-20-24-19-14-9-7-5-3-4-6-8-11-16-23-17-12-10-13-18-23/h22-23H,3-21H2,1-2H3. The lowest BCUT2D eigenvalue weighted by molar-refractivity contribution is 0.0507. The van der Waals surface area contributed by atoms with Crippen LogP contribution in [-0.2, 0) is 9.47 Å². The monoisotopic (exact) mass is 354 g/mol. The van der Waals surface area contributed by atoms with Gasteiger partial charge in [0.1, 0.15) is 0 Å². The minimum atomic E-state index is 0.344. The second-order valence-corrected chi connectivity index (χ2v) is 8.36. The fourth-order valence-corrected chi connectivity index (χ4v) is 3.93. The summed E-state index contributed by atoms with van der Waals surface area (Å²) >= 11 is 0. The lowest BCUT2D eigenvalue weighted by Crippen LogP contribution is -2.07. The second kappa shape index (κ2) is 17.3. The molecule has 1 fully saturated rings. The highest BCUT2D eigenvalue weighted by Gasteiger charge is 2.12. The van der Waals surface area contributed by atoms with Gasteiger partial charge in [0.05, 0.1) is 6.10 Å². The van der Waals surface area contributed by atoms with E-state index >= 15 is 0 Å². The number of hydrogen-bond donors (Lipinski definition) is 0. The van der Waals surface area contributed by atoms with Gasteiger partial charge < -0.3 is 9.47 Å². The van der Waals surface area contributed by atoms with E-state index in [1.54, 1.807) is 0 Å². The molecule has 0 aromatic rings. The smallest absolute Gasteiger partial charge is 0.0518 e. The number of rotatable bonds is 17. The summed E-state index contributed by atoms with van der Waals surface area (Å²) in [5.74, 6) is 1.08. The third-order valence-electron chi connectivity index (χ3n) is 5.51. The molecule has 0 aromatic heterocycles. The van der Waals surface area contributed by atoms with Crippen LogP contribution in [0.5, 0.6) is 0 Å². The molecule has 0 aromatic carbocycles. The van der Waals surface area contributed by atoms with Gasteiger partial charge in [-0.15, -0.1) is 0 Å². The minimum absolute atomic E-state index is 0.344. The Bertz CT molecular complexity index is 259. The van der Waals surface area contributed by atoms with E-state index in [0.717, 1.165) is 32.2 Å². The molecule has 150 valence electrons. The normalized spacial score (nSPS) is 16.0. The Kier molecular flexibility index (Phi) is 15.9. The average molecular weight is 355 g/mol. The molecule has 0 spiro atoms. The van der Waals surface area contributed by atoms with Crippen molar-refractivity contribution in [2.24, 2.45) is 5.92 Å². The Labute approximate surface area is 158 Å². The van der Waals surface area contributed by atoms with Gasteiger partial charge in [-0.1, -0.05) is 89.9 Å². The zero-order chi connectivity index (χ0) is 18.0. The fourth-order valence-electron chi connectivity index (χ4n) is 3.93. The van der Waals surface area contributed by atoms with E-state index in [2.05, 4.69) is 13.8 Å². The lowest BCUT2D eigenvalue weighted by atomic mass is 9.85. The van der Waals surface area contributed by atoms with E-state index < -0.39 is 0 Å². The van der Waals surface area contributed by atoms with Crippen molar-refractivity contribution in [1.82, 2.24) is 0 Å². The second-order valence-electron chi connectivity index (χ2n) is 8.36. The quantitative estimate of drug-likeness (QED) is 0.255. The zero-order valence-corrected chi connectivity index (χ0v) is 17.4. The summed E-state index contributed by atoms with van der Waals surface area (Å²) in [6, 6.07) is 0. The van der Waals surface area contributed by atoms with Gasteiger partial charge in [0.2, 0.25) is 0 Å². The molecule has 2 heteroatoms. The first-order valence-corrected chi connectivity index (χ1v) is 11.5. The van der Waals surface area contributed by atoms with Gasteiger partial charge in [-0.05, 0) is 32.6 Å². The highest BCUT2D eigenvalue weighted by atomic mass is 16.5. The number of hydrogen-bond acceptors (Lipinski definition) is 2. The summed E-state index contributed by atoms with van der Waals surface area (Å²) in [6.45, 7) is 6.78. The predicted octanol–water partition coefficient (Wildman–Crippen LogP) is 7.30. The van der Waals surface area contributed by atoms with E-state index in [0.29, 0.717) is 6.10 Å². The van der Waals surface area contributed by atoms with Crippen LogP contribution in [0, 0.1) is 5.92 Å². The summed E-state index contributed by atoms with van der Waals surface area (Å²) < 4.78 is 11.2. The Morgan fingerprint density at radius 2 is 1.20 bits per heavy atom. The molecule has 2 nitrogen and oxygen atoms in total. The predicted molar refractivity (Wildman–Crippen MR) is 109 cm³/mol. The number of unbranched alkanes of at least 4 members (excludes halogenated alkanes) is 8. The summed E-state index contributed by atoms with van der Waals surface area (Å²) in [5, 5.41) is 0. The van der Waals surface area contributed by atoms with Crippen LogP contribution < -0.4 is 0 Å². The van der Waals surface area contributed by atoms with Crippen LogP contribution in [0.25, 0.3) is 0 Å². The molecule has 0 bridgehead atoms. The largest absolute Gasteiger partial charge is 0.381 e. The Balaban J connectivity index is 1.66. The van der Waals surface area contributed by atoms with Gasteiger partial charge in [0.25, 0.3) is 0 Å². The van der Waals surface area contributed by atoms with Crippen molar-refractivity contribution in [3.63, 3.8) is 0 Å². The molecule has 1 saturated carbocycles. The van der Waals surface area contributed by atoms with Gasteiger partial charge in [-0.2, -0.15) is 0 Å². The zero-order valence-electron chi connectivity index (χ0n) is 17.4. The third-order valence-corrected chi connectivity index (χ3v) is 5.51. The van der Waals surface area contributed by atoms with Crippen molar-refractivity contribution >= 4 is 0 Å². The molecule has 0 amide bonds. The van der Waals surface area contributed by atoms with E-state index in [1.807, 2.05) is 0 Å². The Morgan fingerprint density at radius 3 is 1.84 bits per heavy atom. The molecule has 0 unspecified atom stereocenters. The average Bonchev–Trinajstić information content (AvgIpc) is 2.62. The van der Waals surface area contributed by atoms with Crippen molar-refractivity contribution < 1.29 is 9.47 Å². The Hall–Kier alpha value is -0.0800. The van der Waals surface area contributed by atoms with E-state index in [1.165, 1.54) is 96.3 Å². The first-order chi connectivity index (χ1) is 12.3. The molecule has 0 N–H and O–H groups in total. The Morgan fingerprint density at radius 1 is 0.640 bits per heavy atom. The van der Waals surface area contributed by atoms with Gasteiger partial charge in [-0.25, -0.2) is 0 Å². The summed E-state index contributed by atoms with van der Waals surface area (Å²) in [4.78, 5) is 0. The van der Waals surface area contributed by atoms with E-state index in [4.69, 9.17) is 9.47 Å². The molecule has 0 atom stereocenters. The molecule has 25 heavy (non-hydrogen) atoms. The van der Waals surface area contributed by atoms with E-state index in [-0.39, 0.29) is 0 Å². The van der Waals surface area contributed by atoms with Crippen molar-refractivity contribution in [2.75, 3.05) is 19.8 Å². The summed E-state index contributed by atoms with van der Waals surface area (Å²) in [6.07, 6.45) is 23.1. The molecule has 1 aliphatic rings. The van der Waals surface area contributed by atoms with Gasteiger partial charge in [0.15, 0.2) is 0 Å². The third kappa shape index (κ3) is 15.9. The molecular weight excluding hydrogens is 308 g/mol. The van der Waals surface area contributed by atoms with E-state index in [9.17, 15) is 0 Å². The van der Waals surface area contributed by atoms with Crippen molar-refractivity contribution in [3.8, 4) is 0 Å². The molecule has 1 aliphatic carbocycles. The molecule has 0 saturated heterocycles. The van der Waals surface area contributed by atoms with Crippen LogP contribution >= 0.6 is 0 Å².